The monoisotopic (exact) mass is 380 g/mol. The summed E-state index contributed by atoms with van der Waals surface area (Å²) in [5.41, 5.74) is 3.24. The molecular weight excluding hydrogens is 361 g/mol. The standard InChI is InChI=1S/C18H19F3N4O2/c1-11-12(2)23-15-10-13(4-5-14(15)22-11)16(26)24-6-3-7-25(9-8-24)17(27)18(19,20)21/h4-5,10H,3,6-9H2,1-2H3. The van der Waals surface area contributed by atoms with Gasteiger partial charge < -0.3 is 9.80 Å². The van der Waals surface area contributed by atoms with Crippen LogP contribution in [0.2, 0.25) is 0 Å². The Morgan fingerprint density at radius 3 is 2.19 bits per heavy atom. The van der Waals surface area contributed by atoms with Gasteiger partial charge in [0.25, 0.3) is 5.91 Å². The molecule has 2 heterocycles. The molecule has 2 aromatic rings. The molecule has 1 fully saturated rings. The van der Waals surface area contributed by atoms with Gasteiger partial charge in [0, 0.05) is 31.7 Å². The summed E-state index contributed by atoms with van der Waals surface area (Å²) < 4.78 is 37.8. The summed E-state index contributed by atoms with van der Waals surface area (Å²) in [6.07, 6.45) is -4.61. The van der Waals surface area contributed by atoms with Crippen LogP contribution in [-0.2, 0) is 4.79 Å². The van der Waals surface area contributed by atoms with Crippen molar-refractivity contribution in [2.45, 2.75) is 26.4 Å². The Kier molecular flexibility index (Phi) is 5.03. The fourth-order valence-corrected chi connectivity index (χ4v) is 3.05. The van der Waals surface area contributed by atoms with Gasteiger partial charge in [-0.3, -0.25) is 9.59 Å². The summed E-state index contributed by atoms with van der Waals surface area (Å²) in [5.74, 6) is -2.15. The maximum Gasteiger partial charge on any atom is 0.471 e. The van der Waals surface area contributed by atoms with Crippen molar-refractivity contribution in [3.63, 3.8) is 0 Å². The Morgan fingerprint density at radius 1 is 0.926 bits per heavy atom. The van der Waals surface area contributed by atoms with E-state index in [2.05, 4.69) is 9.97 Å². The van der Waals surface area contributed by atoms with Gasteiger partial charge in [0.05, 0.1) is 22.4 Å². The van der Waals surface area contributed by atoms with E-state index in [0.717, 1.165) is 16.3 Å². The molecule has 1 aromatic carbocycles. The van der Waals surface area contributed by atoms with E-state index in [-0.39, 0.29) is 32.1 Å². The molecule has 9 heteroatoms. The van der Waals surface area contributed by atoms with Gasteiger partial charge in [-0.25, -0.2) is 9.97 Å². The van der Waals surface area contributed by atoms with Gasteiger partial charge in [-0.05, 0) is 38.5 Å². The summed E-state index contributed by atoms with van der Waals surface area (Å²) in [6.45, 7) is 3.86. The number of aromatic nitrogens is 2. The molecule has 2 amide bonds. The Labute approximate surface area is 154 Å². The van der Waals surface area contributed by atoms with Crippen LogP contribution in [0.25, 0.3) is 11.0 Å². The zero-order valence-corrected chi connectivity index (χ0v) is 15.0. The predicted molar refractivity (Wildman–Crippen MR) is 92.2 cm³/mol. The SMILES string of the molecule is Cc1nc2ccc(C(=O)N3CCCN(C(=O)C(F)(F)F)CC3)cc2nc1C. The fraction of sp³-hybridized carbons (Fsp3) is 0.444. The zero-order chi connectivity index (χ0) is 19.8. The number of carbonyl (C=O) groups excluding carboxylic acids is 2. The molecule has 0 atom stereocenters. The molecule has 0 N–H and O–H groups in total. The van der Waals surface area contributed by atoms with Crippen LogP contribution in [0.1, 0.15) is 28.2 Å². The molecule has 0 unspecified atom stereocenters. The number of benzene rings is 1. The molecule has 27 heavy (non-hydrogen) atoms. The number of aryl methyl sites for hydroxylation is 2. The second kappa shape index (κ2) is 7.13. The number of fused-ring (bicyclic) bond motifs is 1. The Hall–Kier alpha value is -2.71. The minimum Gasteiger partial charge on any atom is -0.337 e. The van der Waals surface area contributed by atoms with Crippen LogP contribution < -0.4 is 0 Å². The molecule has 0 spiro atoms. The van der Waals surface area contributed by atoms with E-state index < -0.39 is 12.1 Å². The highest BCUT2D eigenvalue weighted by atomic mass is 19.4. The molecule has 3 rings (SSSR count). The van der Waals surface area contributed by atoms with Gasteiger partial charge in [-0.1, -0.05) is 0 Å². The van der Waals surface area contributed by atoms with E-state index in [1.807, 2.05) is 13.8 Å². The van der Waals surface area contributed by atoms with Crippen LogP contribution in [0.3, 0.4) is 0 Å². The lowest BCUT2D eigenvalue weighted by Crippen LogP contribution is -2.43. The molecule has 0 aliphatic carbocycles. The van der Waals surface area contributed by atoms with Gasteiger partial charge in [0.15, 0.2) is 0 Å². The Balaban J connectivity index is 1.77. The van der Waals surface area contributed by atoms with Crippen LogP contribution in [0.15, 0.2) is 18.2 Å². The number of halogens is 3. The van der Waals surface area contributed by atoms with Crippen LogP contribution in [0, 0.1) is 13.8 Å². The fourth-order valence-electron chi connectivity index (χ4n) is 3.05. The lowest BCUT2D eigenvalue weighted by atomic mass is 10.1. The third-order valence-electron chi connectivity index (χ3n) is 4.64. The molecule has 0 saturated carbocycles. The number of alkyl halides is 3. The van der Waals surface area contributed by atoms with Crippen LogP contribution >= 0.6 is 0 Å². The molecule has 0 radical (unpaired) electrons. The topological polar surface area (TPSA) is 66.4 Å². The first kappa shape index (κ1) is 19.1. The molecule has 1 saturated heterocycles. The average molecular weight is 380 g/mol. The van der Waals surface area contributed by atoms with Gasteiger partial charge in [-0.2, -0.15) is 13.2 Å². The van der Waals surface area contributed by atoms with Crippen molar-refractivity contribution in [2.75, 3.05) is 26.2 Å². The second-order valence-corrected chi connectivity index (χ2v) is 6.53. The number of hydrogen-bond acceptors (Lipinski definition) is 4. The van der Waals surface area contributed by atoms with Crippen molar-refractivity contribution in [3.05, 3.63) is 35.2 Å². The number of rotatable bonds is 1. The first-order chi connectivity index (χ1) is 12.7. The quantitative estimate of drug-likeness (QED) is 0.762. The maximum absolute atomic E-state index is 12.8. The highest BCUT2D eigenvalue weighted by Gasteiger charge is 2.42. The highest BCUT2D eigenvalue weighted by molar-refractivity contribution is 5.97. The number of hydrogen-bond donors (Lipinski definition) is 0. The van der Waals surface area contributed by atoms with Gasteiger partial charge >= 0.3 is 12.1 Å². The first-order valence-corrected chi connectivity index (χ1v) is 8.57. The van der Waals surface area contributed by atoms with Crippen molar-refractivity contribution in [3.8, 4) is 0 Å². The third-order valence-corrected chi connectivity index (χ3v) is 4.64. The van der Waals surface area contributed by atoms with E-state index in [1.54, 1.807) is 18.2 Å². The molecule has 6 nitrogen and oxygen atoms in total. The largest absolute Gasteiger partial charge is 0.471 e. The van der Waals surface area contributed by atoms with Crippen LogP contribution in [-0.4, -0.2) is 63.9 Å². The second-order valence-electron chi connectivity index (χ2n) is 6.53. The van der Waals surface area contributed by atoms with Crippen molar-refractivity contribution in [1.29, 1.82) is 0 Å². The first-order valence-electron chi connectivity index (χ1n) is 8.57. The predicted octanol–water partition coefficient (Wildman–Crippen LogP) is 2.48. The Bertz CT molecular complexity index is 898. The minimum atomic E-state index is -4.90. The smallest absolute Gasteiger partial charge is 0.337 e. The van der Waals surface area contributed by atoms with Crippen molar-refractivity contribution < 1.29 is 22.8 Å². The van der Waals surface area contributed by atoms with Crippen molar-refractivity contribution in [2.24, 2.45) is 0 Å². The highest BCUT2D eigenvalue weighted by Crippen LogP contribution is 2.21. The summed E-state index contributed by atoms with van der Waals surface area (Å²) in [5, 5.41) is 0. The normalized spacial score (nSPS) is 15.7. The maximum atomic E-state index is 12.8. The van der Waals surface area contributed by atoms with Gasteiger partial charge in [-0.15, -0.1) is 0 Å². The number of nitrogens with zero attached hydrogens (tertiary/aromatic N) is 4. The van der Waals surface area contributed by atoms with Crippen LogP contribution in [0.5, 0.6) is 0 Å². The van der Waals surface area contributed by atoms with Gasteiger partial charge in [0.2, 0.25) is 0 Å². The molecular formula is C18H19F3N4O2. The van der Waals surface area contributed by atoms with E-state index in [0.29, 0.717) is 23.0 Å². The molecule has 1 aliphatic heterocycles. The van der Waals surface area contributed by atoms with Crippen LogP contribution in [0.4, 0.5) is 13.2 Å². The Morgan fingerprint density at radius 2 is 1.52 bits per heavy atom. The lowest BCUT2D eigenvalue weighted by molar-refractivity contribution is -0.185. The lowest BCUT2D eigenvalue weighted by Gasteiger charge is -2.23. The number of amides is 2. The zero-order valence-electron chi connectivity index (χ0n) is 15.0. The molecule has 1 aliphatic rings. The summed E-state index contributed by atoms with van der Waals surface area (Å²) in [4.78, 5) is 35.3. The summed E-state index contributed by atoms with van der Waals surface area (Å²) in [6, 6.07) is 4.98. The average Bonchev–Trinajstić information content (AvgIpc) is 2.86. The third kappa shape index (κ3) is 4.01. The van der Waals surface area contributed by atoms with Crippen molar-refractivity contribution >= 4 is 22.8 Å². The number of carbonyl (C=O) groups is 2. The molecule has 144 valence electrons. The van der Waals surface area contributed by atoms with E-state index in [9.17, 15) is 22.8 Å². The van der Waals surface area contributed by atoms with E-state index >= 15 is 0 Å². The van der Waals surface area contributed by atoms with E-state index in [1.165, 1.54) is 4.90 Å². The summed E-state index contributed by atoms with van der Waals surface area (Å²) >= 11 is 0. The molecule has 1 aromatic heterocycles. The molecule has 0 bridgehead atoms. The minimum absolute atomic E-state index is 0.0240. The summed E-state index contributed by atoms with van der Waals surface area (Å²) in [7, 11) is 0. The van der Waals surface area contributed by atoms with Crippen molar-refractivity contribution in [1.82, 2.24) is 19.8 Å². The van der Waals surface area contributed by atoms with E-state index in [4.69, 9.17) is 0 Å². The van der Waals surface area contributed by atoms with Gasteiger partial charge in [0.1, 0.15) is 0 Å².